The van der Waals surface area contributed by atoms with Crippen molar-refractivity contribution in [2.75, 3.05) is 17.2 Å². The maximum Gasteiger partial charge on any atom is 0.0604 e. The molecule has 0 bridgehead atoms. The highest BCUT2D eigenvalue weighted by Crippen LogP contribution is 2.30. The summed E-state index contributed by atoms with van der Waals surface area (Å²) in [5, 5.41) is 0.689. The fourth-order valence-electron chi connectivity index (χ4n) is 2.51. The molecule has 0 unspecified atom stereocenters. The molecule has 0 fully saturated rings. The molecule has 1 aliphatic rings. The molecule has 2 N–H and O–H groups in total. The number of anilines is 2. The highest BCUT2D eigenvalue weighted by molar-refractivity contribution is 6.31. The van der Waals surface area contributed by atoms with E-state index in [1.54, 1.807) is 0 Å². The maximum atomic E-state index is 6.05. The highest BCUT2D eigenvalue weighted by Gasteiger charge is 2.17. The summed E-state index contributed by atoms with van der Waals surface area (Å²) in [6.07, 6.45) is 1.07. The molecule has 1 heterocycles. The van der Waals surface area contributed by atoms with Gasteiger partial charge in [-0.2, -0.15) is 0 Å². The third kappa shape index (κ3) is 2.04. The highest BCUT2D eigenvalue weighted by atomic mass is 35.5. The molecular weight excluding hydrogens is 244 g/mol. The first-order chi connectivity index (χ1) is 8.74. The Morgan fingerprint density at radius 3 is 2.61 bits per heavy atom. The van der Waals surface area contributed by atoms with Gasteiger partial charge in [-0.05, 0) is 35.7 Å². The van der Waals surface area contributed by atoms with Gasteiger partial charge in [-0.3, -0.25) is 0 Å². The summed E-state index contributed by atoms with van der Waals surface area (Å²) in [5.41, 5.74) is 10.7. The molecule has 0 atom stereocenters. The van der Waals surface area contributed by atoms with Gasteiger partial charge in [-0.1, -0.05) is 35.9 Å². The van der Waals surface area contributed by atoms with Gasteiger partial charge in [0.2, 0.25) is 0 Å². The summed E-state index contributed by atoms with van der Waals surface area (Å²) in [6, 6.07) is 14.3. The van der Waals surface area contributed by atoms with Crippen LogP contribution in [0.15, 0.2) is 42.5 Å². The Morgan fingerprint density at radius 1 is 1.06 bits per heavy atom. The molecule has 2 nitrogen and oxygen atoms in total. The monoisotopic (exact) mass is 258 g/mol. The van der Waals surface area contributed by atoms with Crippen molar-refractivity contribution >= 4 is 23.0 Å². The van der Waals surface area contributed by atoms with Crippen LogP contribution in [-0.2, 0) is 13.0 Å². The van der Waals surface area contributed by atoms with Gasteiger partial charge in [-0.15, -0.1) is 0 Å². The van der Waals surface area contributed by atoms with E-state index in [0.717, 1.165) is 30.9 Å². The molecule has 0 aromatic heterocycles. The lowest BCUT2D eigenvalue weighted by atomic mass is 9.99. The number of hydrogen-bond acceptors (Lipinski definition) is 2. The maximum absolute atomic E-state index is 6.05. The zero-order valence-corrected chi connectivity index (χ0v) is 10.8. The number of rotatable bonds is 1. The van der Waals surface area contributed by atoms with Crippen LogP contribution in [0.1, 0.15) is 11.1 Å². The lowest BCUT2D eigenvalue weighted by Gasteiger charge is -2.31. The quantitative estimate of drug-likeness (QED) is 0.794. The molecular formula is C15H15ClN2. The number of benzene rings is 2. The van der Waals surface area contributed by atoms with E-state index in [1.807, 2.05) is 18.2 Å². The molecule has 0 amide bonds. The lowest BCUT2D eigenvalue weighted by molar-refractivity contribution is 0.733. The second kappa shape index (κ2) is 4.54. The lowest BCUT2D eigenvalue weighted by Crippen LogP contribution is -2.30. The van der Waals surface area contributed by atoms with Gasteiger partial charge in [-0.25, -0.2) is 0 Å². The van der Waals surface area contributed by atoms with Crippen molar-refractivity contribution in [1.29, 1.82) is 0 Å². The first kappa shape index (κ1) is 11.4. The van der Waals surface area contributed by atoms with Crippen molar-refractivity contribution in [2.45, 2.75) is 13.0 Å². The minimum Gasteiger partial charge on any atom is -0.397 e. The Hall–Kier alpha value is -1.67. The molecule has 0 aliphatic carbocycles. The van der Waals surface area contributed by atoms with Gasteiger partial charge < -0.3 is 10.6 Å². The summed E-state index contributed by atoms with van der Waals surface area (Å²) < 4.78 is 0. The Morgan fingerprint density at radius 2 is 1.83 bits per heavy atom. The first-order valence-corrected chi connectivity index (χ1v) is 6.48. The van der Waals surface area contributed by atoms with Gasteiger partial charge in [0.05, 0.1) is 11.4 Å². The molecule has 3 heteroatoms. The van der Waals surface area contributed by atoms with E-state index in [1.165, 1.54) is 11.1 Å². The average Bonchev–Trinajstić information content (AvgIpc) is 2.38. The summed E-state index contributed by atoms with van der Waals surface area (Å²) in [4.78, 5) is 2.31. The molecule has 2 aromatic rings. The number of nitrogen functional groups attached to an aromatic ring is 1. The van der Waals surface area contributed by atoms with Gasteiger partial charge in [0.25, 0.3) is 0 Å². The van der Waals surface area contributed by atoms with Crippen LogP contribution in [0.3, 0.4) is 0 Å². The Kier molecular flexibility index (Phi) is 2.88. The van der Waals surface area contributed by atoms with E-state index in [9.17, 15) is 0 Å². The number of nitrogens with zero attached hydrogens (tertiary/aromatic N) is 1. The number of nitrogens with two attached hydrogens (primary N) is 1. The third-order valence-corrected chi connectivity index (χ3v) is 3.70. The van der Waals surface area contributed by atoms with E-state index in [0.29, 0.717) is 5.02 Å². The average molecular weight is 259 g/mol. The van der Waals surface area contributed by atoms with Crippen molar-refractivity contribution in [2.24, 2.45) is 0 Å². The van der Waals surface area contributed by atoms with Gasteiger partial charge in [0.1, 0.15) is 0 Å². The summed E-state index contributed by atoms with van der Waals surface area (Å²) in [6.45, 7) is 1.92. The number of fused-ring (bicyclic) bond motifs is 1. The van der Waals surface area contributed by atoms with Crippen molar-refractivity contribution in [1.82, 2.24) is 0 Å². The zero-order chi connectivity index (χ0) is 12.5. The van der Waals surface area contributed by atoms with E-state index in [2.05, 4.69) is 29.2 Å². The Bertz CT molecular complexity index is 580. The molecule has 0 saturated heterocycles. The largest absolute Gasteiger partial charge is 0.397 e. The Balaban J connectivity index is 1.92. The van der Waals surface area contributed by atoms with Gasteiger partial charge in [0.15, 0.2) is 0 Å². The standard InChI is InChI=1S/C15H15ClN2/c16-13-5-6-15(14(17)9-13)18-8-7-11-3-1-2-4-12(11)10-18/h1-6,9H,7-8,10,17H2. The normalized spacial score (nSPS) is 14.4. The SMILES string of the molecule is Nc1cc(Cl)ccc1N1CCc2ccccc2C1. The van der Waals surface area contributed by atoms with E-state index in [-0.39, 0.29) is 0 Å². The van der Waals surface area contributed by atoms with Gasteiger partial charge >= 0.3 is 0 Å². The van der Waals surface area contributed by atoms with E-state index in [4.69, 9.17) is 17.3 Å². The Labute approximate surface area is 112 Å². The van der Waals surface area contributed by atoms with Crippen LogP contribution in [0.2, 0.25) is 5.02 Å². The number of hydrogen-bond donors (Lipinski definition) is 1. The summed E-state index contributed by atoms with van der Waals surface area (Å²) >= 11 is 5.94. The predicted octanol–water partition coefficient (Wildman–Crippen LogP) is 3.48. The molecule has 18 heavy (non-hydrogen) atoms. The van der Waals surface area contributed by atoms with Crippen LogP contribution < -0.4 is 10.6 Å². The minimum absolute atomic E-state index is 0.689. The topological polar surface area (TPSA) is 29.3 Å². The summed E-state index contributed by atoms with van der Waals surface area (Å²) in [7, 11) is 0. The third-order valence-electron chi connectivity index (χ3n) is 3.46. The fourth-order valence-corrected chi connectivity index (χ4v) is 2.70. The van der Waals surface area contributed by atoms with Crippen molar-refractivity contribution in [3.63, 3.8) is 0 Å². The molecule has 92 valence electrons. The van der Waals surface area contributed by atoms with Crippen LogP contribution in [-0.4, -0.2) is 6.54 Å². The van der Waals surface area contributed by atoms with E-state index < -0.39 is 0 Å². The van der Waals surface area contributed by atoms with Crippen molar-refractivity contribution < 1.29 is 0 Å². The number of halogens is 1. The van der Waals surface area contributed by atoms with Crippen LogP contribution in [0, 0.1) is 0 Å². The van der Waals surface area contributed by atoms with Crippen molar-refractivity contribution in [3.05, 3.63) is 58.6 Å². The fraction of sp³-hybridized carbons (Fsp3) is 0.200. The van der Waals surface area contributed by atoms with Crippen molar-refractivity contribution in [3.8, 4) is 0 Å². The first-order valence-electron chi connectivity index (χ1n) is 6.11. The molecule has 0 saturated carbocycles. The van der Waals surface area contributed by atoms with Gasteiger partial charge in [0, 0.05) is 18.1 Å². The van der Waals surface area contributed by atoms with Crippen LogP contribution in [0.5, 0.6) is 0 Å². The van der Waals surface area contributed by atoms with E-state index >= 15 is 0 Å². The minimum atomic E-state index is 0.689. The second-order valence-electron chi connectivity index (χ2n) is 4.64. The molecule has 0 radical (unpaired) electrons. The smallest absolute Gasteiger partial charge is 0.0604 e. The van der Waals surface area contributed by atoms with Crippen LogP contribution in [0.4, 0.5) is 11.4 Å². The predicted molar refractivity (Wildman–Crippen MR) is 77.1 cm³/mol. The molecule has 2 aromatic carbocycles. The van der Waals surface area contributed by atoms with Crippen LogP contribution in [0.25, 0.3) is 0 Å². The summed E-state index contributed by atoms with van der Waals surface area (Å²) in [5.74, 6) is 0. The zero-order valence-electron chi connectivity index (χ0n) is 10.1. The molecule has 1 aliphatic heterocycles. The second-order valence-corrected chi connectivity index (χ2v) is 5.08. The molecule has 3 rings (SSSR count). The van der Waals surface area contributed by atoms with Crippen LogP contribution >= 0.6 is 11.6 Å². The molecule has 0 spiro atoms.